The summed E-state index contributed by atoms with van der Waals surface area (Å²) in [5, 5.41) is 21.2. The lowest BCUT2D eigenvalue weighted by Gasteiger charge is -2.32. The fourth-order valence-electron chi connectivity index (χ4n) is 2.77. The molecule has 1 aliphatic rings. The number of aromatic nitrogens is 3. The molecule has 0 saturated heterocycles. The van der Waals surface area contributed by atoms with Crippen molar-refractivity contribution in [2.75, 3.05) is 0 Å². The number of aliphatic hydroxyl groups is 1. The van der Waals surface area contributed by atoms with Crippen LogP contribution in [0.3, 0.4) is 0 Å². The van der Waals surface area contributed by atoms with E-state index in [2.05, 4.69) is 15.6 Å². The van der Waals surface area contributed by atoms with Crippen LogP contribution in [0.2, 0.25) is 0 Å². The Hall–Kier alpha value is -1.63. The Labute approximate surface area is 137 Å². The molecule has 0 radical (unpaired) electrons. The van der Waals surface area contributed by atoms with Crippen molar-refractivity contribution in [2.45, 2.75) is 83.6 Å². The molecule has 0 bridgehead atoms. The van der Waals surface area contributed by atoms with Gasteiger partial charge in [-0.2, -0.15) is 0 Å². The predicted molar refractivity (Wildman–Crippen MR) is 85.9 cm³/mol. The van der Waals surface area contributed by atoms with E-state index in [1.54, 1.807) is 24.7 Å². The second-order valence-corrected chi connectivity index (χ2v) is 7.75. The molecule has 1 heterocycles. The van der Waals surface area contributed by atoms with Crippen LogP contribution < -0.4 is 5.32 Å². The molecule has 0 unspecified atom stereocenters. The van der Waals surface area contributed by atoms with Crippen LogP contribution in [0.15, 0.2) is 6.20 Å². The number of alkyl carbamates (subject to hydrolysis) is 1. The molecule has 0 aromatic carbocycles. The second kappa shape index (κ2) is 6.47. The summed E-state index contributed by atoms with van der Waals surface area (Å²) in [6.45, 7) is 8.89. The Morgan fingerprint density at radius 2 is 1.96 bits per heavy atom. The van der Waals surface area contributed by atoms with Crippen molar-refractivity contribution in [2.24, 2.45) is 0 Å². The Bertz CT molecular complexity index is 542. The number of hydrogen-bond donors (Lipinski definition) is 2. The highest BCUT2D eigenvalue weighted by Gasteiger charge is 2.31. The van der Waals surface area contributed by atoms with Crippen molar-refractivity contribution in [3.05, 3.63) is 11.9 Å². The molecule has 2 rings (SSSR count). The van der Waals surface area contributed by atoms with E-state index in [-0.39, 0.29) is 12.1 Å². The van der Waals surface area contributed by atoms with Gasteiger partial charge in [-0.3, -0.25) is 0 Å². The third kappa shape index (κ3) is 4.92. The predicted octanol–water partition coefficient (Wildman–Crippen LogP) is 2.51. The Morgan fingerprint density at radius 1 is 1.30 bits per heavy atom. The highest BCUT2D eigenvalue weighted by atomic mass is 16.6. The van der Waals surface area contributed by atoms with Crippen LogP contribution in [0.4, 0.5) is 4.79 Å². The van der Waals surface area contributed by atoms with E-state index in [4.69, 9.17) is 4.74 Å². The number of amides is 1. The van der Waals surface area contributed by atoms with Crippen molar-refractivity contribution < 1.29 is 14.6 Å². The van der Waals surface area contributed by atoms with Crippen LogP contribution >= 0.6 is 0 Å². The summed E-state index contributed by atoms with van der Waals surface area (Å²) in [4.78, 5) is 12.0. The molecule has 1 saturated carbocycles. The van der Waals surface area contributed by atoms with Crippen molar-refractivity contribution in [1.29, 1.82) is 0 Å². The summed E-state index contributed by atoms with van der Waals surface area (Å²) in [7, 11) is 0. The van der Waals surface area contributed by atoms with Gasteiger partial charge < -0.3 is 15.2 Å². The normalized spacial score (nSPS) is 22.7. The lowest BCUT2D eigenvalue weighted by Crippen LogP contribution is -2.45. The molecular weight excluding hydrogens is 296 g/mol. The van der Waals surface area contributed by atoms with Gasteiger partial charge in [0, 0.05) is 0 Å². The fourth-order valence-corrected chi connectivity index (χ4v) is 2.77. The number of rotatable bonds is 3. The maximum Gasteiger partial charge on any atom is 0.407 e. The van der Waals surface area contributed by atoms with Gasteiger partial charge >= 0.3 is 6.09 Å². The van der Waals surface area contributed by atoms with E-state index in [9.17, 15) is 9.90 Å². The van der Waals surface area contributed by atoms with E-state index < -0.39 is 17.3 Å². The number of ether oxygens (including phenoxy) is 1. The van der Waals surface area contributed by atoms with Gasteiger partial charge in [0.25, 0.3) is 0 Å². The average molecular weight is 324 g/mol. The molecule has 23 heavy (non-hydrogen) atoms. The van der Waals surface area contributed by atoms with Gasteiger partial charge in [0.15, 0.2) is 0 Å². The molecule has 1 aromatic heterocycles. The first-order valence-electron chi connectivity index (χ1n) is 8.20. The second-order valence-electron chi connectivity index (χ2n) is 7.75. The van der Waals surface area contributed by atoms with Crippen LogP contribution in [0, 0.1) is 0 Å². The monoisotopic (exact) mass is 324 g/mol. The number of carbonyl (C=O) groups is 1. The Morgan fingerprint density at radius 3 is 2.52 bits per heavy atom. The lowest BCUT2D eigenvalue weighted by atomic mass is 9.90. The number of carbonyl (C=O) groups excluding carboxylic acids is 1. The third-order valence-electron chi connectivity index (χ3n) is 3.91. The maximum atomic E-state index is 12.0. The molecule has 1 aromatic rings. The van der Waals surface area contributed by atoms with Crippen LogP contribution in [0.25, 0.3) is 0 Å². The smallest absolute Gasteiger partial charge is 0.407 e. The van der Waals surface area contributed by atoms with E-state index in [0.717, 1.165) is 25.7 Å². The van der Waals surface area contributed by atoms with Crippen LogP contribution in [0.1, 0.15) is 72.0 Å². The zero-order valence-corrected chi connectivity index (χ0v) is 14.7. The first-order chi connectivity index (χ1) is 10.6. The molecule has 130 valence electrons. The molecule has 7 heteroatoms. The van der Waals surface area contributed by atoms with Gasteiger partial charge in [0.1, 0.15) is 16.9 Å². The molecule has 7 nitrogen and oxygen atoms in total. The standard InChI is InChI=1S/C16H28N4O3/c1-15(2,3)23-14(21)17-11-8-6-7-9-12(11)20-10-13(18-19-20)16(4,5)22/h10-12,22H,6-9H2,1-5H3,(H,17,21)/t11-,12-/m1/s1. The minimum Gasteiger partial charge on any atom is -0.444 e. The minimum absolute atomic E-state index is 0.0277. The van der Waals surface area contributed by atoms with Gasteiger partial charge in [-0.1, -0.05) is 18.1 Å². The number of nitrogens with one attached hydrogen (secondary N) is 1. The van der Waals surface area contributed by atoms with Gasteiger partial charge in [0.05, 0.1) is 18.3 Å². The Kier molecular flexibility index (Phi) is 4.98. The summed E-state index contributed by atoms with van der Waals surface area (Å²) in [5.74, 6) is 0. The zero-order chi connectivity index (χ0) is 17.3. The van der Waals surface area contributed by atoms with Gasteiger partial charge in [0.2, 0.25) is 0 Å². The summed E-state index contributed by atoms with van der Waals surface area (Å²) < 4.78 is 7.11. The molecule has 1 aliphatic carbocycles. The van der Waals surface area contributed by atoms with E-state index in [0.29, 0.717) is 5.69 Å². The molecule has 0 spiro atoms. The van der Waals surface area contributed by atoms with Crippen molar-refractivity contribution >= 4 is 6.09 Å². The maximum absolute atomic E-state index is 12.0. The van der Waals surface area contributed by atoms with Gasteiger partial charge in [-0.15, -0.1) is 5.10 Å². The quantitative estimate of drug-likeness (QED) is 0.892. The average Bonchev–Trinajstić information content (AvgIpc) is 2.86. The zero-order valence-electron chi connectivity index (χ0n) is 14.7. The first-order valence-corrected chi connectivity index (χ1v) is 8.20. The van der Waals surface area contributed by atoms with Crippen molar-refractivity contribution in [3.8, 4) is 0 Å². The molecule has 1 fully saturated rings. The van der Waals surface area contributed by atoms with E-state index in [1.165, 1.54) is 0 Å². The summed E-state index contributed by atoms with van der Waals surface area (Å²) >= 11 is 0. The number of hydrogen-bond acceptors (Lipinski definition) is 5. The summed E-state index contributed by atoms with van der Waals surface area (Å²) in [6, 6.07) is -0.0187. The van der Waals surface area contributed by atoms with Crippen LogP contribution in [-0.2, 0) is 10.3 Å². The van der Waals surface area contributed by atoms with Crippen molar-refractivity contribution in [1.82, 2.24) is 20.3 Å². The molecule has 0 aliphatic heterocycles. The molecule has 2 atom stereocenters. The Balaban J connectivity index is 2.09. The van der Waals surface area contributed by atoms with Crippen LogP contribution in [0.5, 0.6) is 0 Å². The third-order valence-corrected chi connectivity index (χ3v) is 3.91. The minimum atomic E-state index is -1.03. The molecule has 1 amide bonds. The van der Waals surface area contributed by atoms with Gasteiger partial charge in [-0.25, -0.2) is 9.48 Å². The van der Waals surface area contributed by atoms with Crippen molar-refractivity contribution in [3.63, 3.8) is 0 Å². The lowest BCUT2D eigenvalue weighted by molar-refractivity contribution is 0.0468. The van der Waals surface area contributed by atoms with Crippen LogP contribution in [-0.4, -0.2) is 37.8 Å². The summed E-state index contributed by atoms with van der Waals surface area (Å²) in [6.07, 6.45) is 5.28. The highest BCUT2D eigenvalue weighted by Crippen LogP contribution is 2.29. The number of nitrogens with zero attached hydrogens (tertiary/aromatic N) is 3. The van der Waals surface area contributed by atoms with Gasteiger partial charge in [-0.05, 0) is 47.5 Å². The van der Waals surface area contributed by atoms with E-state index >= 15 is 0 Å². The first kappa shape index (κ1) is 17.7. The summed E-state index contributed by atoms with van der Waals surface area (Å²) in [5.41, 5.74) is -1.02. The topological polar surface area (TPSA) is 89.3 Å². The largest absolute Gasteiger partial charge is 0.444 e. The highest BCUT2D eigenvalue weighted by molar-refractivity contribution is 5.68. The van der Waals surface area contributed by atoms with E-state index in [1.807, 2.05) is 20.8 Å². The molecular formula is C16H28N4O3. The molecule has 2 N–H and O–H groups in total. The fraction of sp³-hybridized carbons (Fsp3) is 0.812. The SMILES string of the molecule is CC(C)(C)OC(=O)N[C@@H]1CCCC[C@H]1n1cc(C(C)(C)O)nn1.